The first kappa shape index (κ1) is 24.3. The maximum atomic E-state index is 12.9. The standard InChI is InChI=1S/C25H17ClINO5S/c1-2-32-21-13-15(7-12-20(21)33-24(30)18-5-3-4-6-19(18)27)14-22-23(29)28(25(31)34-22)17-10-8-16(26)9-11-17/h3-14H,2H2,1H3/b22-14-. The van der Waals surface area contributed by atoms with Crippen LogP contribution in [-0.2, 0) is 4.79 Å². The van der Waals surface area contributed by atoms with Gasteiger partial charge in [-0.05, 0) is 101 Å². The Morgan fingerprint density at radius 2 is 1.79 bits per heavy atom. The normalized spacial score (nSPS) is 14.6. The number of carbonyl (C=O) groups is 3. The molecule has 1 aliphatic rings. The Bertz CT molecular complexity index is 1310. The van der Waals surface area contributed by atoms with Crippen LogP contribution in [-0.4, -0.2) is 23.7 Å². The maximum absolute atomic E-state index is 12.9. The Morgan fingerprint density at radius 1 is 1.06 bits per heavy atom. The lowest BCUT2D eigenvalue weighted by Gasteiger charge is -2.13. The van der Waals surface area contributed by atoms with Gasteiger partial charge in [0.15, 0.2) is 11.5 Å². The van der Waals surface area contributed by atoms with E-state index >= 15 is 0 Å². The van der Waals surface area contributed by atoms with E-state index in [1.54, 1.807) is 60.7 Å². The fourth-order valence-corrected chi connectivity index (χ4v) is 4.76. The number of ether oxygens (including phenoxy) is 2. The molecule has 1 heterocycles. The first-order chi connectivity index (χ1) is 16.4. The second-order valence-corrected chi connectivity index (χ2v) is 9.59. The summed E-state index contributed by atoms with van der Waals surface area (Å²) in [6, 6.07) is 18.6. The summed E-state index contributed by atoms with van der Waals surface area (Å²) in [5.74, 6) is -0.308. The number of benzene rings is 3. The molecule has 0 N–H and O–H groups in total. The van der Waals surface area contributed by atoms with Gasteiger partial charge in [0.1, 0.15) is 0 Å². The Balaban J connectivity index is 1.59. The molecule has 34 heavy (non-hydrogen) atoms. The topological polar surface area (TPSA) is 72.9 Å². The summed E-state index contributed by atoms with van der Waals surface area (Å²) in [4.78, 5) is 39.4. The second kappa shape index (κ2) is 10.6. The zero-order valence-electron chi connectivity index (χ0n) is 17.8. The summed E-state index contributed by atoms with van der Waals surface area (Å²) in [5, 5.41) is 0.115. The molecule has 0 unspecified atom stereocenters. The molecule has 172 valence electrons. The minimum atomic E-state index is -0.497. The van der Waals surface area contributed by atoms with Crippen molar-refractivity contribution >= 4 is 74.8 Å². The van der Waals surface area contributed by atoms with Crippen LogP contribution in [0.1, 0.15) is 22.8 Å². The zero-order valence-corrected chi connectivity index (χ0v) is 21.5. The highest BCUT2D eigenvalue weighted by Crippen LogP contribution is 2.37. The number of esters is 1. The molecule has 3 aromatic carbocycles. The van der Waals surface area contributed by atoms with Crippen molar-refractivity contribution in [2.24, 2.45) is 0 Å². The third-order valence-electron chi connectivity index (χ3n) is 4.74. The summed E-state index contributed by atoms with van der Waals surface area (Å²) in [7, 11) is 0. The molecule has 0 radical (unpaired) electrons. The maximum Gasteiger partial charge on any atom is 0.344 e. The van der Waals surface area contributed by atoms with Crippen LogP contribution >= 0.6 is 46.0 Å². The van der Waals surface area contributed by atoms with E-state index in [1.165, 1.54) is 0 Å². The number of rotatable bonds is 6. The second-order valence-electron chi connectivity index (χ2n) is 7.00. The summed E-state index contributed by atoms with van der Waals surface area (Å²) < 4.78 is 12.0. The molecule has 1 aliphatic heterocycles. The van der Waals surface area contributed by atoms with Crippen LogP contribution in [0, 0.1) is 3.57 Å². The number of amides is 2. The predicted molar refractivity (Wildman–Crippen MR) is 142 cm³/mol. The van der Waals surface area contributed by atoms with Gasteiger partial charge in [-0.1, -0.05) is 29.8 Å². The monoisotopic (exact) mass is 605 g/mol. The predicted octanol–water partition coefficient (Wildman–Crippen LogP) is 6.80. The molecule has 0 aliphatic carbocycles. The molecule has 4 rings (SSSR count). The van der Waals surface area contributed by atoms with Crippen molar-refractivity contribution in [1.29, 1.82) is 0 Å². The summed E-state index contributed by atoms with van der Waals surface area (Å²) in [6.07, 6.45) is 1.61. The van der Waals surface area contributed by atoms with Gasteiger partial charge in [0.05, 0.1) is 22.8 Å². The van der Waals surface area contributed by atoms with E-state index in [0.29, 0.717) is 34.2 Å². The van der Waals surface area contributed by atoms with Crippen molar-refractivity contribution in [2.45, 2.75) is 6.92 Å². The van der Waals surface area contributed by atoms with Gasteiger partial charge in [-0.15, -0.1) is 0 Å². The minimum absolute atomic E-state index is 0.262. The first-order valence-corrected chi connectivity index (χ1v) is 12.4. The highest BCUT2D eigenvalue weighted by atomic mass is 127. The van der Waals surface area contributed by atoms with Crippen LogP contribution in [0.3, 0.4) is 0 Å². The van der Waals surface area contributed by atoms with Crippen LogP contribution in [0.15, 0.2) is 71.6 Å². The van der Waals surface area contributed by atoms with Crippen molar-refractivity contribution in [3.05, 3.63) is 91.4 Å². The minimum Gasteiger partial charge on any atom is -0.490 e. The molecular weight excluding hydrogens is 589 g/mol. The molecule has 1 fully saturated rings. The number of nitrogens with zero attached hydrogens (tertiary/aromatic N) is 1. The van der Waals surface area contributed by atoms with Gasteiger partial charge < -0.3 is 9.47 Å². The van der Waals surface area contributed by atoms with E-state index in [2.05, 4.69) is 22.6 Å². The zero-order chi connectivity index (χ0) is 24.2. The average Bonchev–Trinajstić information content (AvgIpc) is 3.09. The molecule has 2 amide bonds. The van der Waals surface area contributed by atoms with Crippen molar-refractivity contribution < 1.29 is 23.9 Å². The molecule has 1 saturated heterocycles. The van der Waals surface area contributed by atoms with Gasteiger partial charge in [0.25, 0.3) is 11.1 Å². The van der Waals surface area contributed by atoms with E-state index in [4.69, 9.17) is 21.1 Å². The van der Waals surface area contributed by atoms with Crippen LogP contribution in [0.25, 0.3) is 6.08 Å². The Kier molecular flexibility index (Phi) is 7.60. The highest BCUT2D eigenvalue weighted by Gasteiger charge is 2.36. The number of carbonyl (C=O) groups excluding carboxylic acids is 3. The third kappa shape index (κ3) is 5.29. The molecule has 0 atom stereocenters. The number of hydrogen-bond donors (Lipinski definition) is 0. The molecule has 0 spiro atoms. The molecule has 6 nitrogen and oxygen atoms in total. The van der Waals surface area contributed by atoms with Crippen molar-refractivity contribution in [2.75, 3.05) is 11.5 Å². The van der Waals surface area contributed by atoms with Crippen molar-refractivity contribution in [3.63, 3.8) is 0 Å². The van der Waals surface area contributed by atoms with Crippen LogP contribution < -0.4 is 14.4 Å². The van der Waals surface area contributed by atoms with Gasteiger partial charge in [-0.3, -0.25) is 9.59 Å². The molecular formula is C25H17ClINO5S. The van der Waals surface area contributed by atoms with Gasteiger partial charge >= 0.3 is 5.97 Å². The fraction of sp³-hybridized carbons (Fsp3) is 0.0800. The van der Waals surface area contributed by atoms with E-state index < -0.39 is 17.1 Å². The Hall–Kier alpha value is -2.82. The molecule has 9 heteroatoms. The molecule has 0 bridgehead atoms. The SMILES string of the molecule is CCOc1cc(/C=C2\SC(=O)N(c3ccc(Cl)cc3)C2=O)ccc1OC(=O)c1ccccc1I. The Morgan fingerprint density at radius 3 is 2.50 bits per heavy atom. The molecule has 0 saturated carbocycles. The van der Waals surface area contributed by atoms with E-state index in [-0.39, 0.29) is 10.7 Å². The van der Waals surface area contributed by atoms with Crippen LogP contribution in [0.5, 0.6) is 11.5 Å². The van der Waals surface area contributed by atoms with Crippen molar-refractivity contribution in [1.82, 2.24) is 0 Å². The summed E-state index contributed by atoms with van der Waals surface area (Å²) in [5.41, 5.74) is 1.52. The van der Waals surface area contributed by atoms with Gasteiger partial charge in [0, 0.05) is 8.59 Å². The lowest BCUT2D eigenvalue weighted by molar-refractivity contribution is -0.113. The average molecular weight is 606 g/mol. The smallest absolute Gasteiger partial charge is 0.344 e. The van der Waals surface area contributed by atoms with E-state index in [9.17, 15) is 14.4 Å². The molecule has 0 aromatic heterocycles. The number of imide groups is 1. The number of anilines is 1. The number of thioether (sulfide) groups is 1. The van der Waals surface area contributed by atoms with Crippen LogP contribution in [0.4, 0.5) is 10.5 Å². The lowest BCUT2D eigenvalue weighted by atomic mass is 10.1. The van der Waals surface area contributed by atoms with Crippen LogP contribution in [0.2, 0.25) is 5.02 Å². The Labute approximate surface area is 219 Å². The lowest BCUT2D eigenvalue weighted by Crippen LogP contribution is -2.27. The van der Waals surface area contributed by atoms with Crippen molar-refractivity contribution in [3.8, 4) is 11.5 Å². The van der Waals surface area contributed by atoms with E-state index in [1.807, 2.05) is 19.1 Å². The quantitative estimate of drug-likeness (QED) is 0.133. The van der Waals surface area contributed by atoms with Gasteiger partial charge in [0.2, 0.25) is 0 Å². The third-order valence-corrected chi connectivity index (χ3v) is 6.80. The van der Waals surface area contributed by atoms with Gasteiger partial charge in [-0.2, -0.15) is 0 Å². The number of halogens is 2. The van der Waals surface area contributed by atoms with E-state index in [0.717, 1.165) is 20.2 Å². The fourth-order valence-electron chi connectivity index (χ4n) is 3.18. The molecule has 3 aromatic rings. The largest absolute Gasteiger partial charge is 0.490 e. The summed E-state index contributed by atoms with van der Waals surface area (Å²) >= 11 is 8.83. The van der Waals surface area contributed by atoms with Gasteiger partial charge in [-0.25, -0.2) is 9.69 Å². The first-order valence-electron chi connectivity index (χ1n) is 10.1. The summed E-state index contributed by atoms with van der Waals surface area (Å²) in [6.45, 7) is 2.17. The number of hydrogen-bond acceptors (Lipinski definition) is 6. The highest BCUT2D eigenvalue weighted by molar-refractivity contribution is 14.1.